The number of rotatable bonds is 7. The predicted molar refractivity (Wildman–Crippen MR) is 135 cm³/mol. The van der Waals surface area contributed by atoms with Gasteiger partial charge in [-0.25, -0.2) is 14.5 Å². The Labute approximate surface area is 216 Å². The molecule has 0 amide bonds. The Morgan fingerprint density at radius 3 is 2.81 bits per heavy atom. The van der Waals surface area contributed by atoms with Crippen LogP contribution in [0.3, 0.4) is 0 Å². The van der Waals surface area contributed by atoms with Crippen LogP contribution in [0.1, 0.15) is 24.4 Å². The summed E-state index contributed by atoms with van der Waals surface area (Å²) in [4.78, 5) is 26.8. The topological polar surface area (TPSA) is 159 Å². The maximum Gasteiger partial charge on any atom is 0.313 e. The second kappa shape index (κ2) is 10.6. The number of fused-ring (bicyclic) bond motifs is 1. The molecule has 4 aromatic heterocycles. The van der Waals surface area contributed by atoms with E-state index in [0.717, 1.165) is 31.7 Å². The van der Waals surface area contributed by atoms with Gasteiger partial charge in [-0.15, -0.1) is 10.2 Å². The summed E-state index contributed by atoms with van der Waals surface area (Å²) >= 11 is 6.38. The van der Waals surface area contributed by atoms with E-state index >= 15 is 0 Å². The van der Waals surface area contributed by atoms with Crippen LogP contribution in [0.5, 0.6) is 0 Å². The second-order valence-corrected chi connectivity index (χ2v) is 8.72. The number of methoxy groups -OCH3 is 1. The van der Waals surface area contributed by atoms with Crippen molar-refractivity contribution in [2.45, 2.75) is 25.3 Å². The fourth-order valence-electron chi connectivity index (χ4n) is 3.94. The van der Waals surface area contributed by atoms with E-state index in [4.69, 9.17) is 16.9 Å². The summed E-state index contributed by atoms with van der Waals surface area (Å²) in [7, 11) is 1.32. The van der Waals surface area contributed by atoms with Crippen molar-refractivity contribution in [1.29, 1.82) is 5.26 Å². The molecule has 0 spiro atoms. The molecule has 2 N–H and O–H groups in total. The highest BCUT2D eigenvalue weighted by molar-refractivity contribution is 6.32. The van der Waals surface area contributed by atoms with Crippen LogP contribution >= 0.6 is 11.6 Å². The van der Waals surface area contributed by atoms with E-state index < -0.39 is 5.97 Å². The van der Waals surface area contributed by atoms with Crippen molar-refractivity contribution >= 4 is 46.5 Å². The number of nitrogens with one attached hydrogen (secondary N) is 2. The highest BCUT2D eigenvalue weighted by Gasteiger charge is 2.22. The van der Waals surface area contributed by atoms with Crippen LogP contribution in [0.4, 0.5) is 23.3 Å². The standard InChI is InChI=1S/C23H22ClN11O2/c1-37-21(36)11-18-29-20-10-15(6-9-35(20)33-18)28-23-26-13-17(24)22(30-23)27-14-4-7-34(8-5-14)19-3-2-16(12-25)31-32-19/h2-3,6,9-10,13-14H,4-5,7-8,11H2,1H3,(H2,26,27,28,30). The molecule has 1 aliphatic rings. The van der Waals surface area contributed by atoms with Gasteiger partial charge in [0.05, 0.1) is 13.3 Å². The first-order valence-corrected chi connectivity index (χ1v) is 11.9. The predicted octanol–water partition coefficient (Wildman–Crippen LogP) is 2.37. The maximum atomic E-state index is 11.5. The van der Waals surface area contributed by atoms with Crippen molar-refractivity contribution in [1.82, 2.24) is 34.8 Å². The number of carbonyl (C=O) groups excluding carboxylic acids is 1. The summed E-state index contributed by atoms with van der Waals surface area (Å²) in [5.74, 6) is 1.63. The summed E-state index contributed by atoms with van der Waals surface area (Å²) in [5.41, 5.74) is 1.57. The van der Waals surface area contributed by atoms with Gasteiger partial charge >= 0.3 is 5.97 Å². The number of esters is 1. The monoisotopic (exact) mass is 519 g/mol. The molecule has 0 aliphatic carbocycles. The minimum Gasteiger partial charge on any atom is -0.469 e. The quantitative estimate of drug-likeness (QED) is 0.343. The maximum absolute atomic E-state index is 11.5. The van der Waals surface area contributed by atoms with Crippen molar-refractivity contribution in [2.24, 2.45) is 0 Å². The molecule has 4 aromatic rings. The molecule has 5 rings (SSSR count). The molecule has 0 saturated carbocycles. The number of nitrogens with zero attached hydrogens (tertiary/aromatic N) is 9. The first kappa shape index (κ1) is 24.1. The number of hydrogen-bond acceptors (Lipinski definition) is 12. The van der Waals surface area contributed by atoms with Gasteiger partial charge in [0, 0.05) is 37.1 Å². The lowest BCUT2D eigenvalue weighted by molar-refractivity contribution is -0.139. The number of ether oxygens (including phenoxy) is 1. The van der Waals surface area contributed by atoms with Crippen molar-refractivity contribution in [2.75, 3.05) is 35.7 Å². The third kappa shape index (κ3) is 5.65. The summed E-state index contributed by atoms with van der Waals surface area (Å²) in [6.07, 6.45) is 4.97. The average molecular weight is 520 g/mol. The average Bonchev–Trinajstić information content (AvgIpc) is 3.32. The van der Waals surface area contributed by atoms with Gasteiger partial charge in [0.1, 0.15) is 17.5 Å². The molecule has 13 nitrogen and oxygen atoms in total. The third-order valence-corrected chi connectivity index (χ3v) is 6.11. The van der Waals surface area contributed by atoms with E-state index in [9.17, 15) is 4.79 Å². The molecule has 0 unspecified atom stereocenters. The second-order valence-electron chi connectivity index (χ2n) is 8.31. The Bertz CT molecular complexity index is 1460. The Hall–Kier alpha value is -4.57. The summed E-state index contributed by atoms with van der Waals surface area (Å²) in [6, 6.07) is 9.21. The number of anilines is 4. The fraction of sp³-hybridized carbons (Fsp3) is 0.304. The van der Waals surface area contributed by atoms with Gasteiger partial charge in [0.2, 0.25) is 5.95 Å². The van der Waals surface area contributed by atoms with Gasteiger partial charge in [-0.3, -0.25) is 4.79 Å². The molecule has 0 aromatic carbocycles. The van der Waals surface area contributed by atoms with Gasteiger partial charge in [0.15, 0.2) is 28.8 Å². The van der Waals surface area contributed by atoms with E-state index in [2.05, 4.69) is 50.5 Å². The van der Waals surface area contributed by atoms with E-state index in [0.29, 0.717) is 39.6 Å². The van der Waals surface area contributed by atoms with Crippen LogP contribution in [-0.2, 0) is 16.0 Å². The molecule has 14 heteroatoms. The number of halogens is 1. The van der Waals surface area contributed by atoms with Gasteiger partial charge in [-0.05, 0) is 31.0 Å². The van der Waals surface area contributed by atoms with Crippen LogP contribution in [0.2, 0.25) is 5.02 Å². The van der Waals surface area contributed by atoms with Crippen LogP contribution in [0.15, 0.2) is 36.7 Å². The van der Waals surface area contributed by atoms with E-state index in [1.54, 1.807) is 35.1 Å². The Morgan fingerprint density at radius 1 is 1.24 bits per heavy atom. The SMILES string of the molecule is COC(=O)Cc1nc2cc(Nc3ncc(Cl)c(NC4CCN(c5ccc(C#N)nn5)CC4)n3)ccn2n1. The summed E-state index contributed by atoms with van der Waals surface area (Å²) in [6.45, 7) is 1.56. The van der Waals surface area contributed by atoms with Gasteiger partial charge in [-0.2, -0.15) is 15.3 Å². The van der Waals surface area contributed by atoms with Gasteiger partial charge in [-0.1, -0.05) is 11.6 Å². The minimum absolute atomic E-state index is 0.00390. The number of aromatic nitrogens is 7. The third-order valence-electron chi connectivity index (χ3n) is 5.84. The van der Waals surface area contributed by atoms with Crippen molar-refractivity contribution < 1.29 is 9.53 Å². The number of hydrogen-bond donors (Lipinski definition) is 2. The van der Waals surface area contributed by atoms with Crippen molar-refractivity contribution in [3.8, 4) is 6.07 Å². The number of piperidine rings is 1. The molecule has 1 saturated heterocycles. The molecule has 188 valence electrons. The summed E-state index contributed by atoms with van der Waals surface area (Å²) < 4.78 is 6.25. The molecule has 0 radical (unpaired) electrons. The van der Waals surface area contributed by atoms with E-state index in [1.807, 2.05) is 12.1 Å². The number of carbonyl (C=O) groups is 1. The highest BCUT2D eigenvalue weighted by atomic mass is 35.5. The molecule has 5 heterocycles. The Kier molecular flexibility index (Phi) is 6.91. The summed E-state index contributed by atoms with van der Waals surface area (Å²) in [5, 5.41) is 28.2. The smallest absolute Gasteiger partial charge is 0.313 e. The minimum atomic E-state index is -0.405. The van der Waals surface area contributed by atoms with Crippen LogP contribution < -0.4 is 15.5 Å². The lowest BCUT2D eigenvalue weighted by atomic mass is 10.1. The lowest BCUT2D eigenvalue weighted by Crippen LogP contribution is -2.39. The van der Waals surface area contributed by atoms with Crippen molar-refractivity contribution in [3.05, 3.63) is 53.2 Å². The lowest BCUT2D eigenvalue weighted by Gasteiger charge is -2.33. The molecule has 37 heavy (non-hydrogen) atoms. The molecule has 0 bridgehead atoms. The zero-order chi connectivity index (χ0) is 25.8. The van der Waals surface area contributed by atoms with E-state index in [1.165, 1.54) is 7.11 Å². The number of nitriles is 1. The highest BCUT2D eigenvalue weighted by Crippen LogP contribution is 2.25. The van der Waals surface area contributed by atoms with Gasteiger partial charge < -0.3 is 20.3 Å². The zero-order valence-corrected chi connectivity index (χ0v) is 20.6. The molecule has 1 fully saturated rings. The Morgan fingerprint density at radius 2 is 2.08 bits per heavy atom. The normalized spacial score (nSPS) is 13.8. The zero-order valence-electron chi connectivity index (χ0n) is 19.8. The molecular formula is C23H22ClN11O2. The largest absolute Gasteiger partial charge is 0.469 e. The van der Waals surface area contributed by atoms with Crippen molar-refractivity contribution in [3.63, 3.8) is 0 Å². The first-order chi connectivity index (χ1) is 18.0. The molecule has 0 atom stereocenters. The van der Waals surface area contributed by atoms with E-state index in [-0.39, 0.29) is 12.5 Å². The van der Waals surface area contributed by atoms with Crippen LogP contribution in [0.25, 0.3) is 5.65 Å². The molecular weight excluding hydrogens is 498 g/mol. The Balaban J connectivity index is 1.22. The van der Waals surface area contributed by atoms with Crippen LogP contribution in [-0.4, -0.2) is 67.0 Å². The number of pyridine rings is 1. The first-order valence-electron chi connectivity index (χ1n) is 11.5. The van der Waals surface area contributed by atoms with Crippen LogP contribution in [0, 0.1) is 11.3 Å². The fourth-order valence-corrected chi connectivity index (χ4v) is 4.08. The van der Waals surface area contributed by atoms with Gasteiger partial charge in [0.25, 0.3) is 0 Å². The molecule has 1 aliphatic heterocycles.